The average molecular weight is 245 g/mol. The minimum atomic E-state index is -0.0563. The Balaban J connectivity index is 2.28. The molecule has 0 radical (unpaired) electrons. The molecule has 18 heavy (non-hydrogen) atoms. The van der Waals surface area contributed by atoms with Crippen molar-refractivity contribution in [3.05, 3.63) is 31.0 Å². The van der Waals surface area contributed by atoms with Gasteiger partial charge in [-0.15, -0.1) is 0 Å². The van der Waals surface area contributed by atoms with Gasteiger partial charge in [-0.25, -0.2) is 4.98 Å². The number of nitrogens with zero attached hydrogens (tertiary/aromatic N) is 3. The molecule has 0 aromatic carbocycles. The minimum Gasteiger partial charge on any atom is -0.398 e. The first-order valence-corrected chi connectivity index (χ1v) is 5.69. The number of carbonyl (C=O) groups is 1. The van der Waals surface area contributed by atoms with E-state index in [1.54, 1.807) is 35.6 Å². The number of pyridine rings is 1. The Hall–Kier alpha value is -2.37. The molecule has 0 unspecified atom stereocenters. The van der Waals surface area contributed by atoms with E-state index in [0.717, 1.165) is 11.3 Å². The third-order valence-electron chi connectivity index (χ3n) is 2.53. The number of hydrogen-bond donors (Lipinski definition) is 2. The molecule has 0 saturated carbocycles. The van der Waals surface area contributed by atoms with Crippen molar-refractivity contribution in [2.24, 2.45) is 0 Å². The van der Waals surface area contributed by atoms with Crippen molar-refractivity contribution >= 4 is 11.6 Å². The number of nitrogens with two attached hydrogens (primary N) is 1. The van der Waals surface area contributed by atoms with E-state index in [9.17, 15) is 4.79 Å². The molecule has 0 aliphatic heterocycles. The number of imidazole rings is 1. The van der Waals surface area contributed by atoms with Crippen LogP contribution in [0.25, 0.3) is 11.3 Å². The number of hydrogen-bond acceptors (Lipinski definition) is 4. The fourth-order valence-corrected chi connectivity index (χ4v) is 1.70. The fraction of sp³-hybridized carbons (Fsp3) is 0.250. The zero-order valence-corrected chi connectivity index (χ0v) is 10.1. The van der Waals surface area contributed by atoms with Crippen LogP contribution in [-0.4, -0.2) is 27.0 Å². The van der Waals surface area contributed by atoms with E-state index in [0.29, 0.717) is 12.2 Å². The maximum atomic E-state index is 11.6. The normalized spacial score (nSPS) is 10.3. The Morgan fingerprint density at radius 1 is 1.44 bits per heavy atom. The summed E-state index contributed by atoms with van der Waals surface area (Å²) in [6, 6.07) is 1.72. The molecule has 2 aromatic rings. The molecule has 6 nitrogen and oxygen atoms in total. The van der Waals surface area contributed by atoms with E-state index in [-0.39, 0.29) is 12.5 Å². The van der Waals surface area contributed by atoms with Crippen LogP contribution in [0, 0.1) is 0 Å². The lowest BCUT2D eigenvalue weighted by Crippen LogP contribution is -2.27. The van der Waals surface area contributed by atoms with E-state index >= 15 is 0 Å². The van der Waals surface area contributed by atoms with Crippen molar-refractivity contribution in [3.8, 4) is 11.3 Å². The Morgan fingerprint density at radius 2 is 2.28 bits per heavy atom. The summed E-state index contributed by atoms with van der Waals surface area (Å²) in [6.45, 7) is 2.71. The highest BCUT2D eigenvalue weighted by atomic mass is 16.1. The zero-order chi connectivity index (χ0) is 13.0. The maximum Gasteiger partial charge on any atom is 0.239 e. The van der Waals surface area contributed by atoms with E-state index in [4.69, 9.17) is 5.73 Å². The second-order valence-electron chi connectivity index (χ2n) is 3.82. The SMILES string of the molecule is CCNC(=O)Cn1cncc1-c1cnccc1N. The number of likely N-dealkylation sites (N-methyl/N-ethyl adjacent to an activating group) is 1. The number of aromatic nitrogens is 3. The standard InChI is InChI=1S/C12H15N5O/c1-2-16-12(18)7-17-8-15-6-11(17)9-5-14-4-3-10(9)13/h3-6,8H,2,7H2,1H3,(H2,13,14)(H,16,18). The number of carbonyl (C=O) groups excluding carboxylic acids is 1. The Bertz CT molecular complexity index is 549. The molecule has 0 saturated heterocycles. The van der Waals surface area contributed by atoms with Gasteiger partial charge >= 0.3 is 0 Å². The summed E-state index contributed by atoms with van der Waals surface area (Å²) in [5, 5.41) is 2.74. The van der Waals surface area contributed by atoms with Crippen LogP contribution in [-0.2, 0) is 11.3 Å². The molecular weight excluding hydrogens is 230 g/mol. The summed E-state index contributed by atoms with van der Waals surface area (Å²) in [5.74, 6) is -0.0563. The van der Waals surface area contributed by atoms with Gasteiger partial charge in [-0.3, -0.25) is 9.78 Å². The number of amides is 1. The average Bonchev–Trinajstić information content (AvgIpc) is 2.78. The summed E-state index contributed by atoms with van der Waals surface area (Å²) in [4.78, 5) is 19.7. The lowest BCUT2D eigenvalue weighted by molar-refractivity contribution is -0.121. The largest absolute Gasteiger partial charge is 0.398 e. The maximum absolute atomic E-state index is 11.6. The van der Waals surface area contributed by atoms with Crippen molar-refractivity contribution in [3.63, 3.8) is 0 Å². The van der Waals surface area contributed by atoms with Crippen molar-refractivity contribution in [1.29, 1.82) is 0 Å². The second-order valence-corrected chi connectivity index (χ2v) is 3.82. The van der Waals surface area contributed by atoms with Crippen molar-refractivity contribution in [1.82, 2.24) is 19.9 Å². The van der Waals surface area contributed by atoms with Crippen LogP contribution in [0.4, 0.5) is 5.69 Å². The van der Waals surface area contributed by atoms with Crippen LogP contribution in [0.5, 0.6) is 0 Å². The molecule has 0 fully saturated rings. The van der Waals surface area contributed by atoms with Crippen molar-refractivity contribution in [2.75, 3.05) is 12.3 Å². The summed E-state index contributed by atoms with van der Waals surface area (Å²) in [7, 11) is 0. The third-order valence-corrected chi connectivity index (χ3v) is 2.53. The van der Waals surface area contributed by atoms with E-state index in [1.165, 1.54) is 0 Å². The molecule has 2 heterocycles. The number of nitrogen functional groups attached to an aromatic ring is 1. The van der Waals surface area contributed by atoms with E-state index in [1.807, 2.05) is 6.92 Å². The van der Waals surface area contributed by atoms with Crippen LogP contribution in [0.2, 0.25) is 0 Å². The molecule has 0 bridgehead atoms. The van der Waals surface area contributed by atoms with E-state index in [2.05, 4.69) is 15.3 Å². The van der Waals surface area contributed by atoms with Gasteiger partial charge in [0, 0.05) is 30.2 Å². The quantitative estimate of drug-likeness (QED) is 0.828. The molecule has 0 spiro atoms. The Morgan fingerprint density at radius 3 is 3.00 bits per heavy atom. The smallest absolute Gasteiger partial charge is 0.239 e. The Labute approximate surface area is 105 Å². The van der Waals surface area contributed by atoms with Gasteiger partial charge in [-0.05, 0) is 13.0 Å². The van der Waals surface area contributed by atoms with E-state index < -0.39 is 0 Å². The lowest BCUT2D eigenvalue weighted by atomic mass is 10.2. The highest BCUT2D eigenvalue weighted by Crippen LogP contribution is 2.23. The van der Waals surface area contributed by atoms with Crippen molar-refractivity contribution in [2.45, 2.75) is 13.5 Å². The molecule has 2 rings (SSSR count). The number of nitrogens with one attached hydrogen (secondary N) is 1. The molecule has 0 atom stereocenters. The predicted octanol–water partition coefficient (Wildman–Crippen LogP) is 0.663. The van der Waals surface area contributed by atoms with Crippen LogP contribution in [0.1, 0.15) is 6.92 Å². The highest BCUT2D eigenvalue weighted by Gasteiger charge is 2.10. The van der Waals surface area contributed by atoms with Crippen molar-refractivity contribution < 1.29 is 4.79 Å². The van der Waals surface area contributed by atoms with Gasteiger partial charge in [0.15, 0.2) is 0 Å². The molecule has 0 aliphatic carbocycles. The van der Waals surface area contributed by atoms with Gasteiger partial charge in [0.25, 0.3) is 0 Å². The molecule has 3 N–H and O–H groups in total. The van der Waals surface area contributed by atoms with Crippen LogP contribution >= 0.6 is 0 Å². The molecular formula is C12H15N5O. The first-order valence-electron chi connectivity index (χ1n) is 5.69. The van der Waals surface area contributed by atoms with Crippen LogP contribution in [0.3, 0.4) is 0 Å². The molecule has 6 heteroatoms. The first-order chi connectivity index (χ1) is 8.72. The van der Waals surface area contributed by atoms with Gasteiger partial charge in [0.1, 0.15) is 6.54 Å². The highest BCUT2D eigenvalue weighted by molar-refractivity contribution is 5.78. The summed E-state index contributed by atoms with van der Waals surface area (Å²) >= 11 is 0. The number of anilines is 1. The van der Waals surface area contributed by atoms with Gasteiger partial charge in [0.05, 0.1) is 18.2 Å². The third kappa shape index (κ3) is 2.48. The fourth-order valence-electron chi connectivity index (χ4n) is 1.70. The first kappa shape index (κ1) is 12.1. The van der Waals surface area contributed by atoms with Gasteiger partial charge < -0.3 is 15.6 Å². The van der Waals surface area contributed by atoms with Gasteiger partial charge in [0.2, 0.25) is 5.91 Å². The van der Waals surface area contributed by atoms with Gasteiger partial charge in [-0.1, -0.05) is 0 Å². The molecule has 2 aromatic heterocycles. The Kier molecular flexibility index (Phi) is 3.57. The monoisotopic (exact) mass is 245 g/mol. The summed E-state index contributed by atoms with van der Waals surface area (Å²) < 4.78 is 1.75. The minimum absolute atomic E-state index is 0.0563. The summed E-state index contributed by atoms with van der Waals surface area (Å²) in [6.07, 6.45) is 6.58. The predicted molar refractivity (Wildman–Crippen MR) is 68.6 cm³/mol. The molecule has 0 aliphatic rings. The second kappa shape index (κ2) is 5.31. The molecule has 94 valence electrons. The lowest BCUT2D eigenvalue weighted by Gasteiger charge is -2.09. The summed E-state index contributed by atoms with van der Waals surface area (Å²) in [5.41, 5.74) is 8.06. The zero-order valence-electron chi connectivity index (χ0n) is 10.1. The topological polar surface area (TPSA) is 85.8 Å². The molecule has 1 amide bonds. The van der Waals surface area contributed by atoms with Crippen LogP contribution in [0.15, 0.2) is 31.0 Å². The van der Waals surface area contributed by atoms with Crippen LogP contribution < -0.4 is 11.1 Å². The number of rotatable bonds is 4. The van der Waals surface area contributed by atoms with Gasteiger partial charge in [-0.2, -0.15) is 0 Å².